The van der Waals surface area contributed by atoms with E-state index in [1.165, 1.54) is 24.3 Å². The summed E-state index contributed by atoms with van der Waals surface area (Å²) in [5.41, 5.74) is 2.92. The van der Waals surface area contributed by atoms with Crippen molar-refractivity contribution in [1.29, 1.82) is 0 Å². The fraction of sp³-hybridized carbons (Fsp3) is 0.316. The topological polar surface area (TPSA) is 75.3 Å². The highest BCUT2D eigenvalue weighted by Crippen LogP contribution is 2.19. The molecule has 1 amide bonds. The Morgan fingerprint density at radius 1 is 1.00 bits per heavy atom. The highest BCUT2D eigenvalue weighted by Gasteiger charge is 2.15. The van der Waals surface area contributed by atoms with E-state index < -0.39 is 10.0 Å². The van der Waals surface area contributed by atoms with Gasteiger partial charge in [0, 0.05) is 17.8 Å². The number of sulfonamides is 1. The molecule has 0 saturated heterocycles. The molecular formula is C19H24N2O3S. The Bertz CT molecular complexity index is 836. The lowest BCUT2D eigenvalue weighted by Gasteiger charge is -2.11. The molecule has 5 nitrogen and oxygen atoms in total. The molecule has 6 heteroatoms. The second kappa shape index (κ2) is 7.70. The van der Waals surface area contributed by atoms with Crippen LogP contribution >= 0.6 is 0 Å². The summed E-state index contributed by atoms with van der Waals surface area (Å²) in [7, 11) is -3.70. The zero-order valence-electron chi connectivity index (χ0n) is 15.0. The van der Waals surface area contributed by atoms with Gasteiger partial charge in [-0.1, -0.05) is 19.9 Å². The Labute approximate surface area is 149 Å². The van der Waals surface area contributed by atoms with Crippen LogP contribution in [0.4, 0.5) is 5.69 Å². The molecule has 0 radical (unpaired) electrons. The molecule has 2 aromatic carbocycles. The van der Waals surface area contributed by atoms with Crippen LogP contribution < -0.4 is 10.0 Å². The third kappa shape index (κ3) is 5.32. The molecule has 0 bridgehead atoms. The van der Waals surface area contributed by atoms with Gasteiger partial charge in [0.05, 0.1) is 4.90 Å². The zero-order valence-corrected chi connectivity index (χ0v) is 15.8. The Morgan fingerprint density at radius 2 is 1.56 bits per heavy atom. The van der Waals surface area contributed by atoms with Gasteiger partial charge < -0.3 is 5.32 Å². The van der Waals surface area contributed by atoms with E-state index in [-0.39, 0.29) is 10.8 Å². The molecule has 134 valence electrons. The molecule has 0 saturated carbocycles. The van der Waals surface area contributed by atoms with E-state index in [1.807, 2.05) is 33.8 Å². The van der Waals surface area contributed by atoms with Crippen molar-refractivity contribution < 1.29 is 13.2 Å². The van der Waals surface area contributed by atoms with E-state index in [4.69, 9.17) is 0 Å². The van der Waals surface area contributed by atoms with Crippen LogP contribution in [0.15, 0.2) is 47.4 Å². The van der Waals surface area contributed by atoms with Crippen molar-refractivity contribution in [2.75, 3.05) is 11.3 Å². The summed E-state index contributed by atoms with van der Waals surface area (Å²) in [6, 6.07) is 11.4. The summed E-state index contributed by atoms with van der Waals surface area (Å²) in [5.74, 6) is 0.144. The van der Waals surface area contributed by atoms with Crippen molar-refractivity contribution >= 4 is 21.6 Å². The number of nitrogens with one attached hydrogen (secondary N) is 2. The van der Waals surface area contributed by atoms with E-state index >= 15 is 0 Å². The quantitative estimate of drug-likeness (QED) is 0.828. The molecule has 0 heterocycles. The fourth-order valence-corrected chi connectivity index (χ4v) is 3.47. The van der Waals surface area contributed by atoms with Gasteiger partial charge in [-0.2, -0.15) is 0 Å². The Hall–Kier alpha value is -2.34. The second-order valence-corrected chi connectivity index (χ2v) is 8.29. The van der Waals surface area contributed by atoms with Crippen LogP contribution in [0, 0.1) is 19.8 Å². The number of carbonyl (C=O) groups excluding carboxylic acids is 1. The Kier molecular flexibility index (Phi) is 5.85. The number of hydrogen-bond donors (Lipinski definition) is 2. The maximum absolute atomic E-state index is 12.5. The van der Waals surface area contributed by atoms with Crippen molar-refractivity contribution in [3.63, 3.8) is 0 Å². The molecule has 0 aliphatic heterocycles. The monoisotopic (exact) mass is 360 g/mol. The number of anilines is 1. The van der Waals surface area contributed by atoms with Gasteiger partial charge in [-0.25, -0.2) is 8.42 Å². The fourth-order valence-electron chi connectivity index (χ4n) is 2.43. The number of hydrogen-bond acceptors (Lipinski definition) is 3. The molecule has 2 aromatic rings. The van der Waals surface area contributed by atoms with Crippen LogP contribution in [0.3, 0.4) is 0 Å². The predicted molar refractivity (Wildman–Crippen MR) is 100 cm³/mol. The molecule has 0 atom stereocenters. The van der Waals surface area contributed by atoms with Crippen molar-refractivity contribution in [2.24, 2.45) is 5.92 Å². The van der Waals surface area contributed by atoms with E-state index in [0.29, 0.717) is 23.7 Å². The van der Waals surface area contributed by atoms with Gasteiger partial charge in [0.2, 0.25) is 0 Å². The normalized spacial score (nSPS) is 11.4. The predicted octanol–water partition coefficient (Wildman–Crippen LogP) is 3.49. The molecule has 0 spiro atoms. The average molecular weight is 360 g/mol. The summed E-state index contributed by atoms with van der Waals surface area (Å²) in [4.78, 5) is 12.1. The van der Waals surface area contributed by atoms with Crippen LogP contribution in [0.5, 0.6) is 0 Å². The standard InChI is InChI=1S/C19H24N2O3S/c1-13(2)12-20-19(22)16-5-7-18(8-6-16)25(23,24)21-17-10-14(3)9-15(4)11-17/h5-11,13,21H,12H2,1-4H3,(H,20,22). The molecule has 0 fully saturated rings. The lowest BCUT2D eigenvalue weighted by Crippen LogP contribution is -2.27. The minimum absolute atomic E-state index is 0.118. The molecule has 0 unspecified atom stereocenters. The van der Waals surface area contributed by atoms with Gasteiger partial charge in [-0.15, -0.1) is 0 Å². The summed E-state index contributed by atoms with van der Waals surface area (Å²) in [6.45, 7) is 8.42. The number of aryl methyl sites for hydroxylation is 2. The Balaban J connectivity index is 2.15. The van der Waals surface area contributed by atoms with Crippen LogP contribution in [-0.2, 0) is 10.0 Å². The number of amides is 1. The lowest BCUT2D eigenvalue weighted by molar-refractivity contribution is 0.0949. The first-order chi connectivity index (χ1) is 11.7. The summed E-state index contributed by atoms with van der Waals surface area (Å²) in [5, 5.41) is 2.80. The molecule has 0 aliphatic carbocycles. The lowest BCUT2D eigenvalue weighted by atomic mass is 10.1. The van der Waals surface area contributed by atoms with Crippen LogP contribution in [0.25, 0.3) is 0 Å². The first-order valence-electron chi connectivity index (χ1n) is 8.17. The maximum Gasteiger partial charge on any atom is 0.261 e. The van der Waals surface area contributed by atoms with Gasteiger partial charge in [0.15, 0.2) is 0 Å². The van der Waals surface area contributed by atoms with Crippen molar-refractivity contribution in [2.45, 2.75) is 32.6 Å². The van der Waals surface area contributed by atoms with Crippen molar-refractivity contribution in [1.82, 2.24) is 5.32 Å². The molecule has 2 rings (SSSR count). The van der Waals surface area contributed by atoms with Gasteiger partial charge in [0.1, 0.15) is 0 Å². The van der Waals surface area contributed by atoms with Gasteiger partial charge >= 0.3 is 0 Å². The summed E-state index contributed by atoms with van der Waals surface area (Å²) in [6.07, 6.45) is 0. The van der Waals surface area contributed by atoms with Crippen LogP contribution in [0.1, 0.15) is 35.3 Å². The SMILES string of the molecule is Cc1cc(C)cc(NS(=O)(=O)c2ccc(C(=O)NCC(C)C)cc2)c1. The number of carbonyl (C=O) groups is 1. The molecule has 2 N–H and O–H groups in total. The zero-order chi connectivity index (χ0) is 18.6. The number of benzene rings is 2. The van der Waals surface area contributed by atoms with E-state index in [0.717, 1.165) is 11.1 Å². The van der Waals surface area contributed by atoms with Crippen molar-refractivity contribution in [3.8, 4) is 0 Å². The minimum Gasteiger partial charge on any atom is -0.352 e. The third-order valence-corrected chi connectivity index (χ3v) is 4.97. The van der Waals surface area contributed by atoms with E-state index in [1.54, 1.807) is 12.1 Å². The van der Waals surface area contributed by atoms with E-state index in [9.17, 15) is 13.2 Å². The van der Waals surface area contributed by atoms with Crippen LogP contribution in [-0.4, -0.2) is 20.9 Å². The second-order valence-electron chi connectivity index (χ2n) is 6.61. The molecular weight excluding hydrogens is 336 g/mol. The first kappa shape index (κ1) is 19.0. The maximum atomic E-state index is 12.5. The minimum atomic E-state index is -3.70. The van der Waals surface area contributed by atoms with Crippen LogP contribution in [0.2, 0.25) is 0 Å². The molecule has 0 aliphatic rings. The van der Waals surface area contributed by atoms with E-state index in [2.05, 4.69) is 10.0 Å². The molecule has 25 heavy (non-hydrogen) atoms. The van der Waals surface area contributed by atoms with Crippen molar-refractivity contribution in [3.05, 3.63) is 59.2 Å². The first-order valence-corrected chi connectivity index (χ1v) is 9.65. The van der Waals surface area contributed by atoms with Gasteiger partial charge in [0.25, 0.3) is 15.9 Å². The largest absolute Gasteiger partial charge is 0.352 e. The smallest absolute Gasteiger partial charge is 0.261 e. The highest BCUT2D eigenvalue weighted by molar-refractivity contribution is 7.92. The highest BCUT2D eigenvalue weighted by atomic mass is 32.2. The van der Waals surface area contributed by atoms with Gasteiger partial charge in [-0.3, -0.25) is 9.52 Å². The van der Waals surface area contributed by atoms with Gasteiger partial charge in [-0.05, 0) is 67.3 Å². The average Bonchev–Trinajstić information content (AvgIpc) is 2.51. The summed E-state index contributed by atoms with van der Waals surface area (Å²) < 4.78 is 27.6. The summed E-state index contributed by atoms with van der Waals surface area (Å²) >= 11 is 0. The number of rotatable bonds is 6. The molecule has 0 aromatic heterocycles. The Morgan fingerprint density at radius 3 is 2.08 bits per heavy atom. The third-order valence-electron chi connectivity index (χ3n) is 3.57.